The lowest BCUT2D eigenvalue weighted by Crippen LogP contribution is -2.41. The molecule has 32 heavy (non-hydrogen) atoms. The molecule has 1 aromatic heterocycles. The molecule has 5 heteroatoms. The molecule has 1 fully saturated rings. The topological polar surface area (TPSA) is 57.8 Å². The highest BCUT2D eigenvalue weighted by atomic mass is 19.1. The number of amides is 1. The summed E-state index contributed by atoms with van der Waals surface area (Å²) in [5.41, 5.74) is 3.73. The first-order valence-electron chi connectivity index (χ1n) is 11.2. The van der Waals surface area contributed by atoms with Crippen LogP contribution in [0.4, 0.5) is 4.39 Å². The molecule has 1 saturated carbocycles. The summed E-state index contributed by atoms with van der Waals surface area (Å²) in [7, 11) is 0. The molecule has 0 unspecified atom stereocenters. The zero-order chi connectivity index (χ0) is 22.7. The summed E-state index contributed by atoms with van der Waals surface area (Å²) in [6.45, 7) is 4.64. The van der Waals surface area contributed by atoms with E-state index in [4.69, 9.17) is 0 Å². The van der Waals surface area contributed by atoms with Gasteiger partial charge in [0.05, 0.1) is 0 Å². The van der Waals surface area contributed by atoms with Gasteiger partial charge in [0.15, 0.2) is 0 Å². The zero-order valence-electron chi connectivity index (χ0n) is 18.6. The average molecular weight is 430 g/mol. The maximum absolute atomic E-state index is 13.7. The molecule has 0 spiro atoms. The van der Waals surface area contributed by atoms with Crippen LogP contribution < -0.4 is 5.32 Å². The standard InChI is InChI=1S/C27H28FN3O/c1-18-8-3-5-12-25(18)30-27(32)21(16-29)15-24-19(2)31(26-13-6-4-11-23(24)26)17-20-9-7-10-22(28)14-20/h4,6-7,9-11,13-15,18,25H,3,5,8,12,17H2,1-2H3,(H,30,32)/b21-15+/t18-,25-/m1/s1. The van der Waals surface area contributed by atoms with Gasteiger partial charge < -0.3 is 9.88 Å². The third kappa shape index (κ3) is 4.45. The van der Waals surface area contributed by atoms with Crippen molar-refractivity contribution in [3.63, 3.8) is 0 Å². The van der Waals surface area contributed by atoms with E-state index in [1.54, 1.807) is 12.1 Å². The van der Waals surface area contributed by atoms with Crippen molar-refractivity contribution in [2.24, 2.45) is 5.92 Å². The van der Waals surface area contributed by atoms with E-state index < -0.39 is 0 Å². The van der Waals surface area contributed by atoms with Gasteiger partial charge in [-0.15, -0.1) is 0 Å². The van der Waals surface area contributed by atoms with Crippen molar-refractivity contribution in [2.75, 3.05) is 0 Å². The van der Waals surface area contributed by atoms with Gasteiger partial charge in [0.1, 0.15) is 17.5 Å². The fraction of sp³-hybridized carbons (Fsp3) is 0.333. The summed E-state index contributed by atoms with van der Waals surface area (Å²) in [5.74, 6) is -0.160. The molecule has 0 bridgehead atoms. The smallest absolute Gasteiger partial charge is 0.262 e. The molecule has 0 saturated heterocycles. The van der Waals surface area contributed by atoms with Crippen molar-refractivity contribution >= 4 is 22.9 Å². The predicted octanol–water partition coefficient (Wildman–Crippen LogP) is 5.74. The van der Waals surface area contributed by atoms with Crippen molar-refractivity contribution in [1.29, 1.82) is 5.26 Å². The molecule has 1 amide bonds. The van der Waals surface area contributed by atoms with E-state index >= 15 is 0 Å². The minimum atomic E-state index is -0.312. The van der Waals surface area contributed by atoms with E-state index in [-0.39, 0.29) is 23.3 Å². The van der Waals surface area contributed by atoms with Crippen LogP contribution in [0, 0.1) is 30.0 Å². The molecule has 1 heterocycles. The Balaban J connectivity index is 1.70. The summed E-state index contributed by atoms with van der Waals surface area (Å²) < 4.78 is 15.8. The Morgan fingerprint density at radius 2 is 2.00 bits per heavy atom. The maximum atomic E-state index is 13.7. The Morgan fingerprint density at radius 1 is 1.22 bits per heavy atom. The Hall–Kier alpha value is -3.39. The molecule has 4 rings (SSSR count). The molecule has 0 aliphatic heterocycles. The minimum absolute atomic E-state index is 0.111. The second kappa shape index (κ2) is 9.40. The lowest BCUT2D eigenvalue weighted by Gasteiger charge is -2.29. The van der Waals surface area contributed by atoms with Crippen molar-refractivity contribution < 1.29 is 9.18 Å². The number of rotatable bonds is 5. The van der Waals surface area contributed by atoms with Crippen molar-refractivity contribution in [1.82, 2.24) is 9.88 Å². The Labute approximate surface area is 188 Å². The third-order valence-corrected chi connectivity index (χ3v) is 6.59. The molecule has 164 valence electrons. The highest BCUT2D eigenvalue weighted by Gasteiger charge is 2.24. The quantitative estimate of drug-likeness (QED) is 0.415. The summed E-state index contributed by atoms with van der Waals surface area (Å²) in [6.07, 6.45) is 6.05. The first-order chi connectivity index (χ1) is 15.5. The Bertz CT molecular complexity index is 1220. The number of nitrogens with one attached hydrogen (secondary N) is 1. The largest absolute Gasteiger partial charge is 0.348 e. The predicted molar refractivity (Wildman–Crippen MR) is 125 cm³/mol. The fourth-order valence-corrected chi connectivity index (χ4v) is 4.73. The molecule has 2 atom stereocenters. The van der Waals surface area contributed by atoms with Crippen LogP contribution in [0.5, 0.6) is 0 Å². The molecule has 0 radical (unpaired) electrons. The van der Waals surface area contributed by atoms with Crippen LogP contribution in [0.25, 0.3) is 17.0 Å². The van der Waals surface area contributed by atoms with E-state index in [9.17, 15) is 14.4 Å². The Kier molecular flexibility index (Phi) is 6.41. The molecule has 3 aromatic rings. The summed E-state index contributed by atoms with van der Waals surface area (Å²) in [6, 6.07) is 16.7. The lowest BCUT2D eigenvalue weighted by atomic mass is 9.86. The van der Waals surface area contributed by atoms with E-state index in [0.717, 1.165) is 47.0 Å². The van der Waals surface area contributed by atoms with Crippen LogP contribution in [-0.4, -0.2) is 16.5 Å². The number of hydrogen-bond acceptors (Lipinski definition) is 2. The lowest BCUT2D eigenvalue weighted by molar-refractivity contribution is -0.118. The number of nitrogens with zero attached hydrogens (tertiary/aromatic N) is 2. The molecule has 1 aliphatic rings. The molecule has 2 aromatic carbocycles. The van der Waals surface area contributed by atoms with Crippen LogP contribution in [0.2, 0.25) is 0 Å². The number of benzene rings is 2. The zero-order valence-corrected chi connectivity index (χ0v) is 18.6. The van der Waals surface area contributed by atoms with Crippen LogP contribution >= 0.6 is 0 Å². The van der Waals surface area contributed by atoms with Crippen molar-refractivity contribution in [3.8, 4) is 6.07 Å². The SMILES string of the molecule is Cc1c(/C=C(\C#N)C(=O)N[C@@H]2CCCC[C@H]2C)c2ccccc2n1Cc1cccc(F)c1. The van der Waals surface area contributed by atoms with Gasteiger partial charge in [-0.1, -0.05) is 50.1 Å². The number of fused-ring (bicyclic) bond motifs is 1. The monoisotopic (exact) mass is 429 g/mol. The maximum Gasteiger partial charge on any atom is 0.262 e. The van der Waals surface area contributed by atoms with Gasteiger partial charge in [-0.05, 0) is 55.5 Å². The molecule has 1 N–H and O–H groups in total. The number of nitriles is 1. The van der Waals surface area contributed by atoms with Gasteiger partial charge in [-0.25, -0.2) is 4.39 Å². The molecule has 4 nitrogen and oxygen atoms in total. The van der Waals surface area contributed by atoms with Gasteiger partial charge in [-0.2, -0.15) is 5.26 Å². The minimum Gasteiger partial charge on any atom is -0.348 e. The summed E-state index contributed by atoms with van der Waals surface area (Å²) >= 11 is 0. The van der Waals surface area contributed by atoms with Crippen LogP contribution in [-0.2, 0) is 11.3 Å². The van der Waals surface area contributed by atoms with Crippen molar-refractivity contribution in [3.05, 3.63) is 76.7 Å². The normalized spacial score (nSPS) is 19.0. The summed E-state index contributed by atoms with van der Waals surface area (Å²) in [5, 5.41) is 13.8. The second-order valence-corrected chi connectivity index (χ2v) is 8.74. The number of hydrogen-bond donors (Lipinski definition) is 1. The van der Waals surface area contributed by atoms with Gasteiger partial charge in [0.25, 0.3) is 5.91 Å². The third-order valence-electron chi connectivity index (χ3n) is 6.59. The molecular weight excluding hydrogens is 401 g/mol. The first kappa shape index (κ1) is 21.8. The average Bonchev–Trinajstić information content (AvgIpc) is 3.04. The van der Waals surface area contributed by atoms with Gasteiger partial charge >= 0.3 is 0 Å². The van der Waals surface area contributed by atoms with E-state index in [1.165, 1.54) is 18.6 Å². The van der Waals surface area contributed by atoms with Gasteiger partial charge in [-0.3, -0.25) is 4.79 Å². The highest BCUT2D eigenvalue weighted by Crippen LogP contribution is 2.29. The first-order valence-corrected chi connectivity index (χ1v) is 11.2. The fourth-order valence-electron chi connectivity index (χ4n) is 4.73. The van der Waals surface area contributed by atoms with Crippen LogP contribution in [0.1, 0.15) is 49.4 Å². The number of para-hydroxylation sites is 1. The van der Waals surface area contributed by atoms with Gasteiger partial charge in [0, 0.05) is 34.7 Å². The van der Waals surface area contributed by atoms with Crippen molar-refractivity contribution in [2.45, 2.75) is 52.1 Å². The number of carbonyl (C=O) groups excluding carboxylic acids is 1. The number of halogens is 1. The molecular formula is C27H28FN3O. The van der Waals surface area contributed by atoms with E-state index in [0.29, 0.717) is 12.5 Å². The van der Waals surface area contributed by atoms with E-state index in [1.807, 2.05) is 37.3 Å². The highest BCUT2D eigenvalue weighted by molar-refractivity contribution is 6.04. The number of carbonyl (C=O) groups is 1. The number of aromatic nitrogens is 1. The summed E-state index contributed by atoms with van der Waals surface area (Å²) in [4.78, 5) is 12.9. The van der Waals surface area contributed by atoms with Crippen LogP contribution in [0.15, 0.2) is 54.1 Å². The Morgan fingerprint density at radius 3 is 2.75 bits per heavy atom. The van der Waals surface area contributed by atoms with Gasteiger partial charge in [0.2, 0.25) is 0 Å². The van der Waals surface area contributed by atoms with Crippen LogP contribution in [0.3, 0.4) is 0 Å². The second-order valence-electron chi connectivity index (χ2n) is 8.74. The van der Waals surface area contributed by atoms with E-state index in [2.05, 4.69) is 22.9 Å². The molecule has 1 aliphatic carbocycles.